The van der Waals surface area contributed by atoms with Crippen molar-refractivity contribution in [2.45, 2.75) is 6.18 Å². The molecule has 0 saturated heterocycles. The quantitative estimate of drug-likeness (QED) is 0.438. The first-order chi connectivity index (χ1) is 7.99. The summed E-state index contributed by atoms with van der Waals surface area (Å²) in [5, 5.41) is 0. The van der Waals surface area contributed by atoms with Crippen LogP contribution in [-0.4, -0.2) is 68.6 Å². The SMILES string of the molecule is COCC[O][Al]([O]CCOC)[O]CC(F)(F)F. The Morgan fingerprint density at radius 2 is 1.29 bits per heavy atom. The lowest BCUT2D eigenvalue weighted by molar-refractivity contribution is -0.161. The summed E-state index contributed by atoms with van der Waals surface area (Å²) in [6.07, 6.45) is -4.39. The Morgan fingerprint density at radius 3 is 1.65 bits per heavy atom. The molecule has 0 aliphatic carbocycles. The van der Waals surface area contributed by atoms with Crippen LogP contribution in [0.25, 0.3) is 0 Å². The second kappa shape index (κ2) is 10.1. The zero-order valence-corrected chi connectivity index (χ0v) is 10.9. The summed E-state index contributed by atoms with van der Waals surface area (Å²) < 4.78 is 59.8. The van der Waals surface area contributed by atoms with E-state index in [9.17, 15) is 13.2 Å². The maximum atomic E-state index is 11.9. The first-order valence-corrected chi connectivity index (χ1v) is 6.30. The van der Waals surface area contributed by atoms with Crippen molar-refractivity contribution >= 4 is 15.1 Å². The third-order valence-electron chi connectivity index (χ3n) is 1.47. The van der Waals surface area contributed by atoms with E-state index in [4.69, 9.17) is 17.1 Å². The minimum absolute atomic E-state index is 0.137. The first kappa shape index (κ1) is 17.1. The van der Waals surface area contributed by atoms with Crippen LogP contribution >= 0.6 is 0 Å². The van der Waals surface area contributed by atoms with Crippen molar-refractivity contribution < 1.29 is 34.0 Å². The fraction of sp³-hybridized carbons (Fsp3) is 1.00. The number of halogens is 3. The van der Waals surface area contributed by atoms with Crippen molar-refractivity contribution in [1.82, 2.24) is 0 Å². The molecule has 0 spiro atoms. The standard InChI is InChI=1S/2C3H7O2.C2H2F3O.Al/c2*1-5-3-2-4;3-2(4,5)1-6;/h2*2-3H2,1H3;1H2;/q3*-1;+3. The van der Waals surface area contributed by atoms with Crippen LogP contribution in [0.1, 0.15) is 0 Å². The van der Waals surface area contributed by atoms with E-state index in [0.717, 1.165) is 0 Å². The maximum Gasteiger partial charge on any atom is 0.905 e. The van der Waals surface area contributed by atoms with Gasteiger partial charge in [0.1, 0.15) is 6.61 Å². The molecule has 0 N–H and O–H groups in total. The highest BCUT2D eigenvalue weighted by Gasteiger charge is 2.37. The lowest BCUT2D eigenvalue weighted by Crippen LogP contribution is -2.34. The van der Waals surface area contributed by atoms with Gasteiger partial charge in [0.2, 0.25) is 0 Å². The zero-order chi connectivity index (χ0) is 13.1. The van der Waals surface area contributed by atoms with Gasteiger partial charge in [0.05, 0.1) is 13.2 Å². The van der Waals surface area contributed by atoms with Gasteiger partial charge in [-0.15, -0.1) is 0 Å². The summed E-state index contributed by atoms with van der Waals surface area (Å²) in [7, 11) is 2.92. The van der Waals surface area contributed by atoms with Gasteiger partial charge in [-0.2, -0.15) is 13.2 Å². The fourth-order valence-corrected chi connectivity index (χ4v) is 1.95. The molecule has 102 valence electrons. The van der Waals surface area contributed by atoms with E-state index in [-0.39, 0.29) is 26.4 Å². The lowest BCUT2D eigenvalue weighted by atomic mass is 10.7. The van der Waals surface area contributed by atoms with Crippen LogP contribution in [0.5, 0.6) is 0 Å². The van der Waals surface area contributed by atoms with E-state index >= 15 is 0 Å². The number of ether oxygens (including phenoxy) is 2. The molecule has 0 heterocycles. The van der Waals surface area contributed by atoms with Crippen molar-refractivity contribution in [3.63, 3.8) is 0 Å². The van der Waals surface area contributed by atoms with E-state index in [1.54, 1.807) is 0 Å². The molecule has 0 radical (unpaired) electrons. The Labute approximate surface area is 103 Å². The third-order valence-corrected chi connectivity index (χ3v) is 2.92. The summed E-state index contributed by atoms with van der Waals surface area (Å²) >= 11 is -2.78. The topological polar surface area (TPSA) is 46.2 Å². The Kier molecular flexibility index (Phi) is 10.2. The van der Waals surface area contributed by atoms with Gasteiger partial charge in [-0.3, -0.25) is 0 Å². The van der Waals surface area contributed by atoms with Crippen molar-refractivity contribution in [1.29, 1.82) is 0 Å². The number of methoxy groups -OCH3 is 2. The molecule has 17 heavy (non-hydrogen) atoms. The maximum absolute atomic E-state index is 11.9. The Bertz CT molecular complexity index is 171. The minimum Gasteiger partial charge on any atom is -0.452 e. The van der Waals surface area contributed by atoms with Crippen LogP contribution in [-0.2, 0) is 20.8 Å². The molecule has 0 fully saturated rings. The van der Waals surface area contributed by atoms with E-state index in [1.165, 1.54) is 14.2 Å². The summed E-state index contributed by atoms with van der Waals surface area (Å²) in [5.74, 6) is 0. The summed E-state index contributed by atoms with van der Waals surface area (Å²) in [5.41, 5.74) is 0. The molecule has 0 amide bonds. The summed E-state index contributed by atoms with van der Waals surface area (Å²) in [4.78, 5) is 0. The van der Waals surface area contributed by atoms with E-state index in [2.05, 4.69) is 3.79 Å². The monoisotopic (exact) mass is 276 g/mol. The molecule has 5 nitrogen and oxygen atoms in total. The number of hydrogen-bond acceptors (Lipinski definition) is 5. The second-order valence-corrected chi connectivity index (χ2v) is 4.52. The van der Waals surface area contributed by atoms with Gasteiger partial charge in [-0.25, -0.2) is 0 Å². The fourth-order valence-electron chi connectivity index (χ4n) is 0.762. The second-order valence-electron chi connectivity index (χ2n) is 2.94. The van der Waals surface area contributed by atoms with Gasteiger partial charge in [0.25, 0.3) is 0 Å². The van der Waals surface area contributed by atoms with E-state index < -0.39 is 27.9 Å². The third kappa shape index (κ3) is 12.4. The molecule has 0 aromatic rings. The highest BCUT2D eigenvalue weighted by molar-refractivity contribution is 6.36. The van der Waals surface area contributed by atoms with Gasteiger partial charge in [-0.05, 0) is 0 Å². The van der Waals surface area contributed by atoms with E-state index in [0.29, 0.717) is 0 Å². The molecular weight excluding hydrogens is 260 g/mol. The largest absolute Gasteiger partial charge is 0.905 e. The Balaban J connectivity index is 3.83. The molecule has 0 aromatic carbocycles. The smallest absolute Gasteiger partial charge is 0.452 e. The van der Waals surface area contributed by atoms with Crippen LogP contribution in [0, 0.1) is 0 Å². The van der Waals surface area contributed by atoms with Gasteiger partial charge < -0.3 is 20.8 Å². The van der Waals surface area contributed by atoms with Gasteiger partial charge in [-0.1, -0.05) is 0 Å². The predicted octanol–water partition coefficient (Wildman–Crippen LogP) is 0.876. The van der Waals surface area contributed by atoms with Crippen LogP contribution in [0.4, 0.5) is 13.2 Å². The predicted molar refractivity (Wildman–Crippen MR) is 53.4 cm³/mol. The van der Waals surface area contributed by atoms with Crippen LogP contribution < -0.4 is 0 Å². The molecular formula is C8H16AlF3O5. The molecule has 0 saturated carbocycles. The van der Waals surface area contributed by atoms with E-state index in [1.807, 2.05) is 0 Å². The normalized spacial score (nSPS) is 11.8. The van der Waals surface area contributed by atoms with Gasteiger partial charge >= 0.3 is 21.3 Å². The highest BCUT2D eigenvalue weighted by Crippen LogP contribution is 2.15. The van der Waals surface area contributed by atoms with Crippen molar-refractivity contribution in [2.75, 3.05) is 47.3 Å². The van der Waals surface area contributed by atoms with Crippen LogP contribution in [0.2, 0.25) is 0 Å². The molecule has 9 heteroatoms. The van der Waals surface area contributed by atoms with Gasteiger partial charge in [0.15, 0.2) is 0 Å². The Morgan fingerprint density at radius 1 is 0.824 bits per heavy atom. The van der Waals surface area contributed by atoms with Gasteiger partial charge in [0, 0.05) is 27.4 Å². The average molecular weight is 276 g/mol. The lowest BCUT2D eigenvalue weighted by Gasteiger charge is -2.14. The summed E-state index contributed by atoms with van der Waals surface area (Å²) in [6, 6.07) is 0. The Hall–Kier alpha value is 0.122. The zero-order valence-electron chi connectivity index (χ0n) is 9.79. The van der Waals surface area contributed by atoms with Crippen molar-refractivity contribution in [2.24, 2.45) is 0 Å². The molecule has 0 unspecified atom stereocenters. The first-order valence-electron chi connectivity index (χ1n) is 4.89. The molecule has 0 rings (SSSR count). The highest BCUT2D eigenvalue weighted by atomic mass is 27.3. The van der Waals surface area contributed by atoms with Crippen LogP contribution in [0.15, 0.2) is 0 Å². The number of rotatable bonds is 10. The molecule has 0 atom stereocenters. The average Bonchev–Trinajstić information content (AvgIpc) is 2.24. The molecule has 0 aromatic heterocycles. The molecule has 0 aliphatic rings. The number of alkyl halides is 3. The number of hydrogen-bond donors (Lipinski definition) is 0. The van der Waals surface area contributed by atoms with Crippen molar-refractivity contribution in [3.8, 4) is 0 Å². The minimum atomic E-state index is -4.39. The molecule has 0 aliphatic heterocycles. The van der Waals surface area contributed by atoms with Crippen molar-refractivity contribution in [3.05, 3.63) is 0 Å². The summed E-state index contributed by atoms with van der Waals surface area (Å²) in [6.45, 7) is -0.556. The van der Waals surface area contributed by atoms with Crippen LogP contribution in [0.3, 0.4) is 0 Å². The molecule has 0 bridgehead atoms.